The minimum atomic E-state index is -0.308. The third-order valence-corrected chi connectivity index (χ3v) is 7.69. The predicted molar refractivity (Wildman–Crippen MR) is 152 cm³/mol. The van der Waals surface area contributed by atoms with Gasteiger partial charge in [-0.25, -0.2) is 0 Å². The Morgan fingerprint density at radius 3 is 2.40 bits per heavy atom. The van der Waals surface area contributed by atoms with Gasteiger partial charge in [-0.05, 0) is 72.8 Å². The zero-order valence-electron chi connectivity index (χ0n) is 23.3. The SMILES string of the molecule is C=C/C=C(\C=C(\C)C(C)CC)c1[nH]c2ccc(C3CCN(C(=O)C(C)(C)C)CC3)cc2c1C(C)C. The third kappa shape index (κ3) is 6.00. The summed E-state index contributed by atoms with van der Waals surface area (Å²) in [5, 5.41) is 1.32. The van der Waals surface area contributed by atoms with Crippen LogP contribution in [0.1, 0.15) is 103 Å². The highest BCUT2D eigenvalue weighted by atomic mass is 16.2. The van der Waals surface area contributed by atoms with Crippen LogP contribution in [-0.2, 0) is 4.79 Å². The molecule has 2 aromatic rings. The molecule has 3 heteroatoms. The Morgan fingerprint density at radius 1 is 1.20 bits per heavy atom. The number of fused-ring (bicyclic) bond motifs is 1. The Kier molecular flexibility index (Phi) is 8.51. The molecule has 1 aliphatic heterocycles. The minimum Gasteiger partial charge on any atom is -0.354 e. The molecule has 1 amide bonds. The number of allylic oxidation sites excluding steroid dienone is 5. The molecule has 1 aliphatic rings. The fraction of sp³-hybridized carbons (Fsp3) is 0.531. The second-order valence-electron chi connectivity index (χ2n) is 11.7. The van der Waals surface area contributed by atoms with E-state index in [1.165, 1.54) is 38.9 Å². The highest BCUT2D eigenvalue weighted by Crippen LogP contribution is 2.38. The summed E-state index contributed by atoms with van der Waals surface area (Å²) in [6, 6.07) is 6.95. The Morgan fingerprint density at radius 2 is 1.86 bits per heavy atom. The number of nitrogens with zero attached hydrogens (tertiary/aromatic N) is 1. The van der Waals surface area contributed by atoms with E-state index in [0.29, 0.717) is 17.8 Å². The maximum Gasteiger partial charge on any atom is 0.227 e. The molecule has 1 aromatic heterocycles. The first-order valence-corrected chi connectivity index (χ1v) is 13.4. The second-order valence-corrected chi connectivity index (χ2v) is 11.7. The molecule has 0 spiro atoms. The van der Waals surface area contributed by atoms with Crippen LogP contribution in [0.25, 0.3) is 16.5 Å². The maximum absolute atomic E-state index is 12.7. The highest BCUT2D eigenvalue weighted by Gasteiger charge is 2.31. The Balaban J connectivity index is 1.96. The molecular formula is C32H46N2O. The molecule has 0 aliphatic carbocycles. The molecule has 1 N–H and O–H groups in total. The summed E-state index contributed by atoms with van der Waals surface area (Å²) in [5.74, 6) is 1.71. The molecule has 3 nitrogen and oxygen atoms in total. The number of carbonyl (C=O) groups excluding carboxylic acids is 1. The molecule has 2 heterocycles. The van der Waals surface area contributed by atoms with Crippen molar-refractivity contribution in [2.45, 2.75) is 86.5 Å². The Bertz CT molecular complexity index is 1110. The van der Waals surface area contributed by atoms with Crippen LogP contribution in [0.4, 0.5) is 0 Å². The largest absolute Gasteiger partial charge is 0.354 e. The lowest BCUT2D eigenvalue weighted by Gasteiger charge is -2.36. The summed E-state index contributed by atoms with van der Waals surface area (Å²) in [6.45, 7) is 23.1. The van der Waals surface area contributed by atoms with E-state index in [-0.39, 0.29) is 11.3 Å². The Hall–Kier alpha value is -2.55. The smallest absolute Gasteiger partial charge is 0.227 e. The number of H-pyrrole nitrogens is 1. The van der Waals surface area contributed by atoms with Crippen molar-refractivity contribution in [1.82, 2.24) is 9.88 Å². The molecule has 1 aromatic carbocycles. The number of amides is 1. The monoisotopic (exact) mass is 474 g/mol. The number of likely N-dealkylation sites (tertiary alicyclic amines) is 1. The normalized spacial score (nSPS) is 17.3. The maximum atomic E-state index is 12.7. The van der Waals surface area contributed by atoms with E-state index in [4.69, 9.17) is 0 Å². The second kappa shape index (κ2) is 11.0. The van der Waals surface area contributed by atoms with Gasteiger partial charge in [0, 0.05) is 35.1 Å². The fourth-order valence-corrected chi connectivity index (χ4v) is 5.24. The van der Waals surface area contributed by atoms with E-state index in [1.54, 1.807) is 0 Å². The van der Waals surface area contributed by atoms with Crippen molar-refractivity contribution in [3.8, 4) is 0 Å². The first-order chi connectivity index (χ1) is 16.5. The topological polar surface area (TPSA) is 36.1 Å². The van der Waals surface area contributed by atoms with Crippen molar-refractivity contribution in [2.75, 3.05) is 13.1 Å². The number of aromatic nitrogens is 1. The molecular weight excluding hydrogens is 428 g/mol. The van der Waals surface area contributed by atoms with Crippen LogP contribution < -0.4 is 0 Å². The number of piperidine rings is 1. The molecule has 1 fully saturated rings. The van der Waals surface area contributed by atoms with Gasteiger partial charge < -0.3 is 9.88 Å². The summed E-state index contributed by atoms with van der Waals surface area (Å²) in [6.07, 6.45) is 9.54. The van der Waals surface area contributed by atoms with Gasteiger partial charge in [0.1, 0.15) is 0 Å². The number of hydrogen-bond donors (Lipinski definition) is 1. The third-order valence-electron chi connectivity index (χ3n) is 7.69. The van der Waals surface area contributed by atoms with E-state index < -0.39 is 0 Å². The van der Waals surface area contributed by atoms with Gasteiger partial charge in [0.2, 0.25) is 5.91 Å². The average Bonchev–Trinajstić information content (AvgIpc) is 3.21. The fourth-order valence-electron chi connectivity index (χ4n) is 5.24. The summed E-state index contributed by atoms with van der Waals surface area (Å²) >= 11 is 0. The lowest BCUT2D eigenvalue weighted by Crippen LogP contribution is -2.43. The molecule has 190 valence electrons. The van der Waals surface area contributed by atoms with Gasteiger partial charge in [-0.1, -0.05) is 84.9 Å². The van der Waals surface area contributed by atoms with E-state index >= 15 is 0 Å². The van der Waals surface area contributed by atoms with Gasteiger partial charge in [-0.15, -0.1) is 0 Å². The van der Waals surface area contributed by atoms with Crippen molar-refractivity contribution in [3.05, 3.63) is 65.4 Å². The van der Waals surface area contributed by atoms with Gasteiger partial charge in [-0.3, -0.25) is 4.79 Å². The van der Waals surface area contributed by atoms with Gasteiger partial charge in [0.25, 0.3) is 0 Å². The van der Waals surface area contributed by atoms with Crippen molar-refractivity contribution in [2.24, 2.45) is 11.3 Å². The van der Waals surface area contributed by atoms with Crippen molar-refractivity contribution < 1.29 is 4.79 Å². The molecule has 1 unspecified atom stereocenters. The van der Waals surface area contributed by atoms with Crippen LogP contribution in [0.2, 0.25) is 0 Å². The first kappa shape index (κ1) is 27.0. The molecule has 35 heavy (non-hydrogen) atoms. The predicted octanol–water partition coefficient (Wildman–Crippen LogP) is 8.61. The van der Waals surface area contributed by atoms with Crippen molar-refractivity contribution >= 4 is 22.4 Å². The van der Waals surface area contributed by atoms with Crippen molar-refractivity contribution in [1.29, 1.82) is 0 Å². The van der Waals surface area contributed by atoms with E-state index in [9.17, 15) is 4.79 Å². The number of rotatable bonds is 7. The van der Waals surface area contributed by atoms with Crippen LogP contribution in [0, 0.1) is 11.3 Å². The number of carbonyl (C=O) groups is 1. The minimum absolute atomic E-state index is 0.269. The zero-order chi connectivity index (χ0) is 25.9. The van der Waals surface area contributed by atoms with Gasteiger partial charge >= 0.3 is 0 Å². The standard InChI is InChI=1S/C32H46N2O/c1-10-12-26(19-23(6)22(5)11-2)30-29(21(3)4)27-20-25(13-14-28(27)33-30)24-15-17-34(18-16-24)31(35)32(7,8)9/h10,12-14,19-22,24,33H,1,11,15-18H2,2-9H3/b23-19-,26-12+. The number of benzene rings is 1. The van der Waals surface area contributed by atoms with Crippen LogP contribution in [-0.4, -0.2) is 28.9 Å². The average molecular weight is 475 g/mol. The lowest BCUT2D eigenvalue weighted by molar-refractivity contribution is -0.140. The molecule has 1 atom stereocenters. The highest BCUT2D eigenvalue weighted by molar-refractivity contribution is 5.92. The number of nitrogens with one attached hydrogen (secondary N) is 1. The summed E-state index contributed by atoms with van der Waals surface area (Å²) in [7, 11) is 0. The number of aromatic amines is 1. The molecule has 1 saturated heterocycles. The Labute approximate surface area is 213 Å². The summed E-state index contributed by atoms with van der Waals surface area (Å²) in [4.78, 5) is 18.5. The van der Waals surface area contributed by atoms with Crippen LogP contribution in [0.3, 0.4) is 0 Å². The molecule has 3 rings (SSSR count). The van der Waals surface area contributed by atoms with Crippen LogP contribution in [0.15, 0.2) is 48.6 Å². The van der Waals surface area contributed by atoms with Gasteiger partial charge in [0.05, 0.1) is 0 Å². The summed E-state index contributed by atoms with van der Waals surface area (Å²) in [5.41, 5.74) is 7.46. The van der Waals surface area contributed by atoms with Gasteiger partial charge in [-0.2, -0.15) is 0 Å². The van der Waals surface area contributed by atoms with Crippen molar-refractivity contribution in [3.63, 3.8) is 0 Å². The summed E-state index contributed by atoms with van der Waals surface area (Å²) < 4.78 is 0. The van der Waals surface area contributed by atoms with Crippen LogP contribution >= 0.6 is 0 Å². The molecule has 0 saturated carbocycles. The number of hydrogen-bond acceptors (Lipinski definition) is 1. The molecule has 0 bridgehead atoms. The van der Waals surface area contributed by atoms with E-state index in [2.05, 4.69) is 81.4 Å². The first-order valence-electron chi connectivity index (χ1n) is 13.4. The lowest BCUT2D eigenvalue weighted by atomic mass is 9.86. The van der Waals surface area contributed by atoms with Crippen LogP contribution in [0.5, 0.6) is 0 Å². The van der Waals surface area contributed by atoms with E-state index in [1.807, 2.05) is 26.8 Å². The zero-order valence-corrected chi connectivity index (χ0v) is 23.3. The van der Waals surface area contributed by atoms with E-state index in [0.717, 1.165) is 32.4 Å². The van der Waals surface area contributed by atoms with Gasteiger partial charge in [0.15, 0.2) is 0 Å². The quantitative estimate of drug-likeness (QED) is 0.401. The molecule has 0 radical (unpaired) electrons.